The molecule has 6 rings (SSSR count). The molecule has 3 fully saturated rings. The molecule has 3 aromatic rings. The number of hydrogen-bond donors (Lipinski definition) is 1. The number of nitrogens with one attached hydrogen (secondary N) is 1. The van der Waals surface area contributed by atoms with Gasteiger partial charge in [-0.3, -0.25) is 9.48 Å². The summed E-state index contributed by atoms with van der Waals surface area (Å²) in [5.74, 6) is -1.91. The van der Waals surface area contributed by atoms with E-state index in [0.717, 1.165) is 33.5 Å². The molecule has 0 bridgehead atoms. The Morgan fingerprint density at radius 2 is 1.66 bits per heavy atom. The van der Waals surface area contributed by atoms with Gasteiger partial charge in [0.15, 0.2) is 0 Å². The summed E-state index contributed by atoms with van der Waals surface area (Å²) in [4.78, 5) is 22.5. The summed E-state index contributed by atoms with van der Waals surface area (Å²) in [6.07, 6.45) is 8.21. The maximum absolute atomic E-state index is 13.8. The fraction of sp³-hybridized carbons (Fsp3) is 0.464. The van der Waals surface area contributed by atoms with Gasteiger partial charge in [0.25, 0.3) is 11.8 Å². The van der Waals surface area contributed by atoms with E-state index in [9.17, 15) is 13.6 Å². The Morgan fingerprint density at radius 1 is 0.947 bits per heavy atom. The minimum atomic E-state index is -2.65. The monoisotopic (exact) mass is 632 g/mol. The summed E-state index contributed by atoms with van der Waals surface area (Å²) in [5, 5.41) is 7.29. The third-order valence-electron chi connectivity index (χ3n) is 8.24. The Hall–Kier alpha value is -2.76. The molecule has 10 heteroatoms. The molecule has 0 radical (unpaired) electrons. The minimum Gasteiger partial charge on any atom is -0.371 e. The molecule has 0 atom stereocenters. The first-order valence-corrected chi connectivity index (χ1v) is 14.3. The number of carbonyl (C=O) groups excluding carboxylic acids is 1. The van der Waals surface area contributed by atoms with Gasteiger partial charge in [-0.1, -0.05) is 0 Å². The van der Waals surface area contributed by atoms with Crippen LogP contribution in [0.2, 0.25) is 0 Å². The van der Waals surface area contributed by atoms with E-state index in [1.165, 1.54) is 25.7 Å². The summed E-state index contributed by atoms with van der Waals surface area (Å²) < 4.78 is 30.4. The van der Waals surface area contributed by atoms with Gasteiger partial charge in [-0.2, -0.15) is 5.10 Å². The van der Waals surface area contributed by atoms with Gasteiger partial charge < -0.3 is 15.1 Å². The van der Waals surface area contributed by atoms with Crippen molar-refractivity contribution >= 4 is 45.8 Å². The van der Waals surface area contributed by atoms with Crippen LogP contribution in [0.15, 0.2) is 42.7 Å². The van der Waals surface area contributed by atoms with E-state index >= 15 is 0 Å². The maximum Gasteiger partial charge on any atom is 0.258 e. The number of halogens is 3. The number of rotatable bonds is 5. The van der Waals surface area contributed by atoms with Crippen molar-refractivity contribution in [2.24, 2.45) is 12.5 Å². The quantitative estimate of drug-likeness (QED) is 0.352. The van der Waals surface area contributed by atoms with Crippen molar-refractivity contribution in [2.45, 2.75) is 44.4 Å². The second kappa shape index (κ2) is 9.77. The van der Waals surface area contributed by atoms with Crippen LogP contribution in [0.4, 0.5) is 26.1 Å². The third kappa shape index (κ3) is 5.37. The molecule has 7 nitrogen and oxygen atoms in total. The van der Waals surface area contributed by atoms with Crippen LogP contribution < -0.4 is 15.1 Å². The molecular formula is C28H31F2IN6O. The lowest BCUT2D eigenvalue weighted by Crippen LogP contribution is -2.39. The fourth-order valence-corrected chi connectivity index (χ4v) is 6.06. The second-order valence-corrected chi connectivity index (χ2v) is 12.2. The van der Waals surface area contributed by atoms with Crippen molar-refractivity contribution in [3.63, 3.8) is 0 Å². The second-order valence-electron chi connectivity index (χ2n) is 10.9. The predicted molar refractivity (Wildman–Crippen MR) is 153 cm³/mol. The van der Waals surface area contributed by atoms with Crippen LogP contribution in [0.25, 0.3) is 11.1 Å². The lowest BCUT2D eigenvalue weighted by molar-refractivity contribution is -0.0221. The number of piperidine rings is 2. The Morgan fingerprint density at radius 3 is 2.32 bits per heavy atom. The molecule has 2 aliphatic heterocycles. The first-order chi connectivity index (χ1) is 18.2. The molecule has 2 aromatic heterocycles. The summed E-state index contributed by atoms with van der Waals surface area (Å²) >= 11 is 2.29. The highest BCUT2D eigenvalue weighted by Crippen LogP contribution is 2.54. The summed E-state index contributed by atoms with van der Waals surface area (Å²) in [7, 11) is 1.84. The van der Waals surface area contributed by atoms with E-state index in [0.29, 0.717) is 22.6 Å². The zero-order chi connectivity index (χ0) is 26.5. The van der Waals surface area contributed by atoms with Gasteiger partial charge in [0, 0.05) is 61.4 Å². The number of carbonyl (C=O) groups is 1. The number of anilines is 3. The van der Waals surface area contributed by atoms with Gasteiger partial charge in [-0.25, -0.2) is 13.8 Å². The Kier molecular flexibility index (Phi) is 6.56. The van der Waals surface area contributed by atoms with Crippen LogP contribution in [-0.4, -0.2) is 52.8 Å². The Bertz CT molecular complexity index is 1350. The number of nitrogens with zero attached hydrogens (tertiary/aromatic N) is 5. The Balaban J connectivity index is 1.29. The number of alkyl halides is 2. The largest absolute Gasteiger partial charge is 0.371 e. The fourth-order valence-electron chi connectivity index (χ4n) is 5.58. The minimum absolute atomic E-state index is 0.210. The lowest BCUT2D eigenvalue weighted by Gasteiger charge is -2.35. The highest BCUT2D eigenvalue weighted by molar-refractivity contribution is 14.1. The average Bonchev–Trinajstić information content (AvgIpc) is 3.50. The zero-order valence-electron chi connectivity index (χ0n) is 21.4. The van der Waals surface area contributed by atoms with Gasteiger partial charge in [-0.15, -0.1) is 0 Å². The van der Waals surface area contributed by atoms with Crippen molar-refractivity contribution in [3.05, 3.63) is 51.9 Å². The van der Waals surface area contributed by atoms with E-state index in [1.807, 2.05) is 42.4 Å². The highest BCUT2D eigenvalue weighted by atomic mass is 127. The van der Waals surface area contributed by atoms with Crippen LogP contribution in [-0.2, 0) is 7.05 Å². The van der Waals surface area contributed by atoms with Crippen LogP contribution in [0.3, 0.4) is 0 Å². The molecular weight excluding hydrogens is 601 g/mol. The van der Waals surface area contributed by atoms with Crippen molar-refractivity contribution in [3.8, 4) is 11.1 Å². The Labute approximate surface area is 234 Å². The van der Waals surface area contributed by atoms with Crippen molar-refractivity contribution < 1.29 is 13.6 Å². The van der Waals surface area contributed by atoms with Crippen LogP contribution >= 0.6 is 22.6 Å². The number of aromatic nitrogens is 3. The van der Waals surface area contributed by atoms with Crippen LogP contribution in [0.1, 0.15) is 48.9 Å². The molecule has 1 aliphatic carbocycles. The van der Waals surface area contributed by atoms with Gasteiger partial charge in [0.2, 0.25) is 0 Å². The molecule has 4 heterocycles. The van der Waals surface area contributed by atoms with Crippen molar-refractivity contribution in [1.29, 1.82) is 0 Å². The van der Waals surface area contributed by atoms with Gasteiger partial charge in [0.05, 0.1) is 17.4 Å². The van der Waals surface area contributed by atoms with E-state index < -0.39 is 5.92 Å². The van der Waals surface area contributed by atoms with Gasteiger partial charge in [-0.05, 0) is 89.6 Å². The van der Waals surface area contributed by atoms with E-state index in [4.69, 9.17) is 4.98 Å². The molecule has 2 saturated heterocycles. The normalized spacial score (nSPS) is 20.0. The first kappa shape index (κ1) is 25.5. The molecule has 1 saturated carbocycles. The van der Waals surface area contributed by atoms with E-state index in [2.05, 4.69) is 44.0 Å². The molecule has 38 heavy (non-hydrogen) atoms. The smallest absolute Gasteiger partial charge is 0.258 e. The lowest BCUT2D eigenvalue weighted by atomic mass is 9.93. The van der Waals surface area contributed by atoms with Crippen LogP contribution in [0.5, 0.6) is 0 Å². The molecule has 1 aromatic carbocycles. The predicted octanol–water partition coefficient (Wildman–Crippen LogP) is 5.95. The average molecular weight is 632 g/mol. The first-order valence-electron chi connectivity index (χ1n) is 13.2. The topological polar surface area (TPSA) is 66.3 Å². The molecule has 1 amide bonds. The molecule has 1 spiro atoms. The SMILES string of the molecule is Cn1cc(-c2cc(NC(=O)c3ccc(I)cc3N3CCC4(CC3)CC4)nc(N3CCC(F)(F)CC3)c2)cn1. The summed E-state index contributed by atoms with van der Waals surface area (Å²) in [6, 6.07) is 9.62. The van der Waals surface area contributed by atoms with E-state index in [-0.39, 0.29) is 31.8 Å². The standard InChI is InChI=1S/C28H31F2IN6O/c1-35-18-20(17-32-35)19-14-24(33-25(15-19)37-12-8-28(29,30)9-13-37)34-26(38)22-3-2-21(31)16-23(22)36-10-6-27(4-5-27)7-11-36/h2-3,14-18H,4-13H2,1H3,(H,33,34,38). The van der Waals surface area contributed by atoms with Crippen LogP contribution in [0, 0.1) is 8.99 Å². The number of pyridine rings is 1. The molecule has 3 aliphatic rings. The maximum atomic E-state index is 13.8. The van der Waals surface area contributed by atoms with Crippen molar-refractivity contribution in [2.75, 3.05) is 41.3 Å². The van der Waals surface area contributed by atoms with Gasteiger partial charge in [0.1, 0.15) is 11.6 Å². The summed E-state index contributed by atoms with van der Waals surface area (Å²) in [6.45, 7) is 2.33. The van der Waals surface area contributed by atoms with E-state index in [1.54, 1.807) is 10.9 Å². The summed E-state index contributed by atoms with van der Waals surface area (Å²) in [5.41, 5.74) is 3.80. The molecule has 200 valence electrons. The highest BCUT2D eigenvalue weighted by Gasteiger charge is 2.44. The third-order valence-corrected chi connectivity index (χ3v) is 8.91. The molecule has 1 N–H and O–H groups in total. The number of amides is 1. The number of hydrogen-bond acceptors (Lipinski definition) is 5. The molecule has 0 unspecified atom stereocenters. The van der Waals surface area contributed by atoms with Gasteiger partial charge >= 0.3 is 0 Å². The number of benzene rings is 1. The zero-order valence-corrected chi connectivity index (χ0v) is 23.5. The van der Waals surface area contributed by atoms with Crippen molar-refractivity contribution in [1.82, 2.24) is 14.8 Å². The number of aryl methyl sites for hydroxylation is 1.